The van der Waals surface area contributed by atoms with Crippen molar-refractivity contribution in [2.45, 2.75) is 4.90 Å². The van der Waals surface area contributed by atoms with Crippen LogP contribution in [0.5, 0.6) is 5.75 Å². The lowest BCUT2D eigenvalue weighted by molar-refractivity contribution is 0.109. The number of carbonyl (C=O) groups is 1. The Kier molecular flexibility index (Phi) is 4.37. The van der Waals surface area contributed by atoms with Gasteiger partial charge in [-0.2, -0.15) is 8.42 Å². The second-order valence-corrected chi connectivity index (χ2v) is 6.21. The summed E-state index contributed by atoms with van der Waals surface area (Å²) in [5.41, 5.74) is 0.175. The number of thiol groups is 1. The van der Waals surface area contributed by atoms with E-state index < -0.39 is 15.2 Å². The average Bonchev–Trinajstić information content (AvgIpc) is 2.41. The van der Waals surface area contributed by atoms with Crippen molar-refractivity contribution in [1.82, 2.24) is 0 Å². The van der Waals surface area contributed by atoms with Gasteiger partial charge in [0.05, 0.1) is 0 Å². The third-order valence-corrected chi connectivity index (χ3v) is 4.14. The summed E-state index contributed by atoms with van der Waals surface area (Å²) in [4.78, 5) is 11.0. The first-order chi connectivity index (χ1) is 9.38. The van der Waals surface area contributed by atoms with Crippen LogP contribution < -0.4 is 4.18 Å². The fraction of sp³-hybridized carbons (Fsp3) is 0. The standard InChI is InChI=1S/C13H9ClO4S2/c14-10-4-6-11(7-5-10)18-20(16,17)12-3-1-2-9(8-12)13(15)19/h1-8H,(H,15,19). The molecule has 0 saturated heterocycles. The summed E-state index contributed by atoms with van der Waals surface area (Å²) in [6.45, 7) is 0. The Bertz CT molecular complexity index is 739. The van der Waals surface area contributed by atoms with Gasteiger partial charge in [-0.25, -0.2) is 0 Å². The highest BCUT2D eigenvalue weighted by atomic mass is 35.5. The second kappa shape index (κ2) is 5.87. The molecule has 0 aliphatic heterocycles. The van der Waals surface area contributed by atoms with Crippen LogP contribution in [0.15, 0.2) is 53.4 Å². The normalized spacial score (nSPS) is 11.1. The van der Waals surface area contributed by atoms with Crippen molar-refractivity contribution in [3.05, 3.63) is 59.1 Å². The van der Waals surface area contributed by atoms with Crippen LogP contribution in [0.1, 0.15) is 10.4 Å². The monoisotopic (exact) mass is 328 g/mol. The van der Waals surface area contributed by atoms with Crippen molar-refractivity contribution >= 4 is 39.5 Å². The predicted molar refractivity (Wildman–Crippen MR) is 79.0 cm³/mol. The van der Waals surface area contributed by atoms with Crippen molar-refractivity contribution < 1.29 is 17.4 Å². The van der Waals surface area contributed by atoms with Crippen molar-refractivity contribution in [1.29, 1.82) is 0 Å². The van der Waals surface area contributed by atoms with Crippen LogP contribution in [0.4, 0.5) is 0 Å². The third kappa shape index (κ3) is 3.53. The first kappa shape index (κ1) is 14.9. The first-order valence-electron chi connectivity index (χ1n) is 5.42. The molecule has 0 spiro atoms. The fourth-order valence-corrected chi connectivity index (χ4v) is 2.69. The summed E-state index contributed by atoms with van der Waals surface area (Å²) in [5.74, 6) is 0.136. The molecule has 0 N–H and O–H groups in total. The van der Waals surface area contributed by atoms with Crippen molar-refractivity contribution in [3.8, 4) is 5.75 Å². The van der Waals surface area contributed by atoms with Gasteiger partial charge in [-0.3, -0.25) is 4.79 Å². The molecule has 2 rings (SSSR count). The molecule has 0 saturated carbocycles. The summed E-state index contributed by atoms with van der Waals surface area (Å²) < 4.78 is 29.1. The van der Waals surface area contributed by atoms with E-state index in [-0.39, 0.29) is 16.2 Å². The molecule has 0 unspecified atom stereocenters. The van der Waals surface area contributed by atoms with Crippen LogP contribution in [0.2, 0.25) is 5.02 Å². The van der Waals surface area contributed by atoms with E-state index in [9.17, 15) is 13.2 Å². The fourth-order valence-electron chi connectivity index (χ4n) is 1.45. The van der Waals surface area contributed by atoms with Crippen molar-refractivity contribution in [2.75, 3.05) is 0 Å². The molecule has 20 heavy (non-hydrogen) atoms. The largest absolute Gasteiger partial charge is 0.379 e. The zero-order valence-corrected chi connectivity index (χ0v) is 12.5. The number of benzene rings is 2. The molecule has 0 bridgehead atoms. The van der Waals surface area contributed by atoms with Gasteiger partial charge in [0.1, 0.15) is 10.6 Å². The molecular formula is C13H9ClO4S2. The van der Waals surface area contributed by atoms with E-state index in [2.05, 4.69) is 12.6 Å². The number of halogens is 1. The van der Waals surface area contributed by atoms with Crippen LogP contribution in [-0.2, 0) is 10.1 Å². The Morgan fingerprint density at radius 3 is 2.35 bits per heavy atom. The van der Waals surface area contributed by atoms with E-state index in [4.69, 9.17) is 15.8 Å². The minimum Gasteiger partial charge on any atom is -0.379 e. The molecule has 2 aromatic rings. The molecule has 0 atom stereocenters. The number of hydrogen-bond donors (Lipinski definition) is 1. The Morgan fingerprint density at radius 1 is 1.10 bits per heavy atom. The molecule has 0 aliphatic carbocycles. The van der Waals surface area contributed by atoms with Gasteiger partial charge in [0.25, 0.3) is 0 Å². The summed E-state index contributed by atoms with van der Waals surface area (Å²) in [6.07, 6.45) is 0. The minimum atomic E-state index is -4.01. The molecule has 7 heteroatoms. The van der Waals surface area contributed by atoms with Crippen molar-refractivity contribution in [2.24, 2.45) is 0 Å². The highest BCUT2D eigenvalue weighted by Crippen LogP contribution is 2.21. The summed E-state index contributed by atoms with van der Waals surface area (Å²) >= 11 is 9.36. The van der Waals surface area contributed by atoms with Gasteiger partial charge in [0.2, 0.25) is 5.12 Å². The van der Waals surface area contributed by atoms with Gasteiger partial charge in [-0.1, -0.05) is 23.7 Å². The quantitative estimate of drug-likeness (QED) is 0.691. The second-order valence-electron chi connectivity index (χ2n) is 3.82. The van der Waals surface area contributed by atoms with Crippen LogP contribution in [0.25, 0.3) is 0 Å². The van der Waals surface area contributed by atoms with Crippen LogP contribution >= 0.6 is 24.2 Å². The van der Waals surface area contributed by atoms with Crippen LogP contribution in [0, 0.1) is 0 Å². The maximum Gasteiger partial charge on any atom is 0.339 e. The maximum atomic E-state index is 12.1. The van der Waals surface area contributed by atoms with E-state index in [0.29, 0.717) is 5.02 Å². The van der Waals surface area contributed by atoms with Crippen LogP contribution in [0.3, 0.4) is 0 Å². The zero-order valence-electron chi connectivity index (χ0n) is 9.99. The lowest BCUT2D eigenvalue weighted by atomic mass is 10.2. The SMILES string of the molecule is O=C(S)c1cccc(S(=O)(=O)Oc2ccc(Cl)cc2)c1. The molecular weight excluding hydrogens is 320 g/mol. The van der Waals surface area contributed by atoms with E-state index in [1.54, 1.807) is 0 Å². The Labute approximate surface area is 126 Å². The lowest BCUT2D eigenvalue weighted by Gasteiger charge is -2.07. The van der Waals surface area contributed by atoms with E-state index >= 15 is 0 Å². The van der Waals surface area contributed by atoms with Crippen molar-refractivity contribution in [3.63, 3.8) is 0 Å². The maximum absolute atomic E-state index is 12.1. The topological polar surface area (TPSA) is 60.4 Å². The molecule has 104 valence electrons. The third-order valence-electron chi connectivity index (χ3n) is 2.39. The van der Waals surface area contributed by atoms with E-state index in [1.165, 1.54) is 48.5 Å². The van der Waals surface area contributed by atoms with Crippen LogP contribution in [-0.4, -0.2) is 13.5 Å². The minimum absolute atomic E-state index is 0.118. The molecule has 0 heterocycles. The molecule has 0 radical (unpaired) electrons. The molecule has 0 amide bonds. The molecule has 0 aromatic heterocycles. The molecule has 0 aliphatic rings. The average molecular weight is 329 g/mol. The Morgan fingerprint density at radius 2 is 1.75 bits per heavy atom. The van der Waals surface area contributed by atoms with Gasteiger partial charge in [0, 0.05) is 10.6 Å². The Hall–Kier alpha value is -1.50. The molecule has 0 fully saturated rings. The summed E-state index contributed by atoms with van der Waals surface area (Å²) in [5, 5.41) is -0.0500. The van der Waals surface area contributed by atoms with Gasteiger partial charge in [0.15, 0.2) is 0 Å². The summed E-state index contributed by atoms with van der Waals surface area (Å²) in [6, 6.07) is 11.4. The van der Waals surface area contributed by atoms with E-state index in [0.717, 1.165) is 0 Å². The van der Waals surface area contributed by atoms with Gasteiger partial charge in [-0.15, -0.1) is 12.6 Å². The number of hydrogen-bond acceptors (Lipinski definition) is 4. The molecule has 4 nitrogen and oxygen atoms in total. The zero-order chi connectivity index (χ0) is 14.8. The predicted octanol–water partition coefficient (Wildman–Crippen LogP) is 3.18. The van der Waals surface area contributed by atoms with Gasteiger partial charge >= 0.3 is 10.1 Å². The first-order valence-corrected chi connectivity index (χ1v) is 7.65. The Balaban J connectivity index is 2.33. The number of rotatable bonds is 4. The highest BCUT2D eigenvalue weighted by molar-refractivity contribution is 7.97. The highest BCUT2D eigenvalue weighted by Gasteiger charge is 2.17. The smallest absolute Gasteiger partial charge is 0.339 e. The summed E-state index contributed by atoms with van der Waals surface area (Å²) in [7, 11) is -4.01. The van der Waals surface area contributed by atoms with E-state index in [1.807, 2.05) is 0 Å². The number of carbonyl (C=O) groups excluding carboxylic acids is 1. The lowest BCUT2D eigenvalue weighted by Crippen LogP contribution is -2.10. The van der Waals surface area contributed by atoms with Gasteiger partial charge < -0.3 is 4.18 Å². The molecule has 2 aromatic carbocycles. The van der Waals surface area contributed by atoms with Gasteiger partial charge in [-0.05, 0) is 36.4 Å².